The smallest absolute Gasteiger partial charge is 0.475 e. The first kappa shape index (κ1) is 31.1. The number of hydrogen-bond donors (Lipinski definition) is 2. The molecule has 2 saturated heterocycles. The highest BCUT2D eigenvalue weighted by atomic mass is 19.4. The zero-order chi connectivity index (χ0) is 28.5. The van der Waals surface area contributed by atoms with E-state index in [2.05, 4.69) is 56.7 Å². The van der Waals surface area contributed by atoms with Crippen molar-refractivity contribution in [3.05, 3.63) is 54.1 Å². The second kappa shape index (κ2) is 13.6. The largest absolute Gasteiger partial charge is 0.490 e. The zero-order valence-corrected chi connectivity index (χ0v) is 20.3. The van der Waals surface area contributed by atoms with E-state index in [-0.39, 0.29) is 0 Å². The number of piperazine rings is 1. The highest BCUT2D eigenvalue weighted by Crippen LogP contribution is 2.25. The van der Waals surface area contributed by atoms with Gasteiger partial charge in [0.05, 0.1) is 19.3 Å². The molecule has 1 aromatic heterocycles. The van der Waals surface area contributed by atoms with E-state index >= 15 is 0 Å². The van der Waals surface area contributed by atoms with Crippen molar-refractivity contribution >= 4 is 11.9 Å². The highest BCUT2D eigenvalue weighted by molar-refractivity contribution is 5.73. The van der Waals surface area contributed by atoms with Gasteiger partial charge in [-0.3, -0.25) is 9.80 Å². The average Bonchev–Trinajstić information content (AvgIpc) is 3.43. The van der Waals surface area contributed by atoms with Crippen LogP contribution in [0.3, 0.4) is 0 Å². The number of carboxylic acids is 2. The number of halogens is 6. The van der Waals surface area contributed by atoms with Gasteiger partial charge in [-0.05, 0) is 12.0 Å². The minimum Gasteiger partial charge on any atom is -0.475 e. The minimum atomic E-state index is -5.08. The monoisotopic (exact) mass is 554 g/mol. The second-order valence-electron chi connectivity index (χ2n) is 8.60. The van der Waals surface area contributed by atoms with E-state index in [1.54, 1.807) is 0 Å². The first-order valence-electron chi connectivity index (χ1n) is 11.3. The first-order valence-corrected chi connectivity index (χ1v) is 11.3. The lowest BCUT2D eigenvalue weighted by atomic mass is 10.1. The Balaban J connectivity index is 0.000000301. The maximum absolute atomic E-state index is 10.6. The molecule has 0 saturated carbocycles. The highest BCUT2D eigenvalue weighted by Gasteiger charge is 2.39. The molecular formula is C23H28F6N4O5. The molecule has 2 aliphatic heterocycles. The first-order chi connectivity index (χ1) is 17.7. The molecule has 2 N–H and O–H groups in total. The quantitative estimate of drug-likeness (QED) is 0.543. The molecule has 2 atom stereocenters. The van der Waals surface area contributed by atoms with Crippen LogP contribution in [0.4, 0.5) is 26.3 Å². The molecule has 15 heteroatoms. The van der Waals surface area contributed by atoms with Crippen LogP contribution in [-0.2, 0) is 34.5 Å². The molecule has 9 nitrogen and oxygen atoms in total. The summed E-state index contributed by atoms with van der Waals surface area (Å²) >= 11 is 0. The molecule has 212 valence electrons. The number of aliphatic carboxylic acids is 2. The van der Waals surface area contributed by atoms with Gasteiger partial charge in [0, 0.05) is 51.7 Å². The van der Waals surface area contributed by atoms with Crippen molar-refractivity contribution in [1.82, 2.24) is 19.4 Å². The molecule has 0 spiro atoms. The third-order valence-electron chi connectivity index (χ3n) is 5.76. The zero-order valence-electron chi connectivity index (χ0n) is 20.3. The van der Waals surface area contributed by atoms with Crippen LogP contribution in [0.5, 0.6) is 0 Å². The van der Waals surface area contributed by atoms with Crippen molar-refractivity contribution in [3.63, 3.8) is 0 Å². The molecule has 0 amide bonds. The van der Waals surface area contributed by atoms with Gasteiger partial charge in [-0.25, -0.2) is 14.6 Å². The number of imidazole rings is 1. The Morgan fingerprint density at radius 2 is 1.58 bits per heavy atom. The van der Waals surface area contributed by atoms with Crippen LogP contribution in [0.25, 0.3) is 0 Å². The number of hydrogen-bond acceptors (Lipinski definition) is 6. The number of alkyl halides is 6. The van der Waals surface area contributed by atoms with E-state index in [4.69, 9.17) is 24.5 Å². The van der Waals surface area contributed by atoms with Crippen molar-refractivity contribution in [2.45, 2.75) is 44.1 Å². The van der Waals surface area contributed by atoms with Crippen molar-refractivity contribution in [1.29, 1.82) is 0 Å². The molecule has 2 fully saturated rings. The molecule has 38 heavy (non-hydrogen) atoms. The summed E-state index contributed by atoms with van der Waals surface area (Å²) in [7, 11) is 2.07. The number of carbonyl (C=O) groups is 2. The molecule has 0 unspecified atom stereocenters. The summed E-state index contributed by atoms with van der Waals surface area (Å²) in [5.74, 6) is -4.36. The lowest BCUT2D eigenvalue weighted by Gasteiger charge is -2.36. The van der Waals surface area contributed by atoms with Gasteiger partial charge >= 0.3 is 24.3 Å². The number of nitrogens with zero attached hydrogens (tertiary/aromatic N) is 4. The third-order valence-corrected chi connectivity index (χ3v) is 5.76. The number of aryl methyl sites for hydroxylation is 1. The van der Waals surface area contributed by atoms with Gasteiger partial charge in [-0.15, -0.1) is 0 Å². The molecule has 0 bridgehead atoms. The van der Waals surface area contributed by atoms with Gasteiger partial charge in [-0.2, -0.15) is 26.3 Å². The van der Waals surface area contributed by atoms with Gasteiger partial charge in [0.1, 0.15) is 5.82 Å². The third kappa shape index (κ3) is 10.3. The van der Waals surface area contributed by atoms with Crippen molar-refractivity contribution in [2.75, 3.05) is 26.2 Å². The topological polar surface area (TPSA) is 108 Å². The Morgan fingerprint density at radius 1 is 1.00 bits per heavy atom. The predicted octanol–water partition coefficient (Wildman–Crippen LogP) is 3.16. The van der Waals surface area contributed by atoms with Crippen LogP contribution in [-0.4, -0.2) is 92.2 Å². The SMILES string of the molecule is Cn1ccnc1CN1CCN2C[C@H](OCc3ccccc3)C[C@H]2C1.O=C(O)C(F)(F)F.O=C(O)C(F)(F)F. The van der Waals surface area contributed by atoms with Gasteiger partial charge in [0.25, 0.3) is 0 Å². The fraction of sp³-hybridized carbons (Fsp3) is 0.522. The number of aromatic nitrogens is 2. The summed E-state index contributed by atoms with van der Waals surface area (Å²) in [5, 5.41) is 14.2. The van der Waals surface area contributed by atoms with Crippen LogP contribution in [0, 0.1) is 0 Å². The second-order valence-corrected chi connectivity index (χ2v) is 8.60. The molecule has 2 aromatic rings. The van der Waals surface area contributed by atoms with Crippen LogP contribution < -0.4 is 0 Å². The summed E-state index contributed by atoms with van der Waals surface area (Å²) in [6.45, 7) is 6.13. The van der Waals surface area contributed by atoms with Crippen molar-refractivity contribution in [2.24, 2.45) is 7.05 Å². The molecular weight excluding hydrogens is 526 g/mol. The van der Waals surface area contributed by atoms with E-state index < -0.39 is 24.3 Å². The van der Waals surface area contributed by atoms with Gasteiger partial charge in [-0.1, -0.05) is 30.3 Å². The predicted molar refractivity (Wildman–Crippen MR) is 121 cm³/mol. The number of rotatable bonds is 5. The average molecular weight is 554 g/mol. The van der Waals surface area contributed by atoms with E-state index in [0.717, 1.165) is 51.6 Å². The fourth-order valence-electron chi connectivity index (χ4n) is 3.86. The molecule has 0 aliphatic carbocycles. The molecule has 3 heterocycles. The maximum Gasteiger partial charge on any atom is 0.490 e. The Morgan fingerprint density at radius 3 is 2.08 bits per heavy atom. The lowest BCUT2D eigenvalue weighted by Crippen LogP contribution is -2.49. The number of carboxylic acid groups (broad SMARTS) is 2. The fourth-order valence-corrected chi connectivity index (χ4v) is 3.86. The van der Waals surface area contributed by atoms with Gasteiger partial charge in [0.15, 0.2) is 0 Å². The van der Waals surface area contributed by atoms with E-state index in [0.29, 0.717) is 12.1 Å². The number of fused-ring (bicyclic) bond motifs is 1. The lowest BCUT2D eigenvalue weighted by molar-refractivity contribution is -0.193. The van der Waals surface area contributed by atoms with E-state index in [9.17, 15) is 26.3 Å². The Bertz CT molecular complexity index is 1010. The number of ether oxygens (including phenoxy) is 1. The van der Waals surface area contributed by atoms with Gasteiger partial charge < -0.3 is 19.5 Å². The summed E-state index contributed by atoms with van der Waals surface area (Å²) in [4.78, 5) is 27.4. The normalized spacial score (nSPS) is 20.0. The maximum atomic E-state index is 10.6. The van der Waals surface area contributed by atoms with Crippen LogP contribution in [0.15, 0.2) is 42.7 Å². The van der Waals surface area contributed by atoms with E-state index in [1.165, 1.54) is 5.56 Å². The Kier molecular flexibility index (Phi) is 11.1. The minimum absolute atomic E-state index is 0.364. The van der Waals surface area contributed by atoms with E-state index in [1.807, 2.05) is 12.4 Å². The van der Waals surface area contributed by atoms with Crippen molar-refractivity contribution in [3.8, 4) is 0 Å². The van der Waals surface area contributed by atoms with Crippen molar-refractivity contribution < 1.29 is 50.9 Å². The van der Waals surface area contributed by atoms with Crippen LogP contribution in [0.1, 0.15) is 17.8 Å². The molecule has 0 radical (unpaired) electrons. The van der Waals surface area contributed by atoms with Crippen LogP contribution >= 0.6 is 0 Å². The summed E-state index contributed by atoms with van der Waals surface area (Å²) < 4.78 is 71.8. The summed E-state index contributed by atoms with van der Waals surface area (Å²) in [5.41, 5.74) is 1.26. The number of benzene rings is 1. The van der Waals surface area contributed by atoms with Crippen LogP contribution in [0.2, 0.25) is 0 Å². The van der Waals surface area contributed by atoms with Gasteiger partial charge in [0.2, 0.25) is 0 Å². The Labute approximate surface area is 214 Å². The molecule has 1 aromatic carbocycles. The Hall–Kier alpha value is -3.17. The summed E-state index contributed by atoms with van der Waals surface area (Å²) in [6.07, 6.45) is -4.75. The molecule has 4 rings (SSSR count). The molecule has 2 aliphatic rings. The standard InChI is InChI=1S/C19H26N4O.2C2HF3O2/c1-21-8-7-20-19(21)14-22-9-10-23-13-18(11-17(23)12-22)24-15-16-5-3-2-4-6-16;2*3-2(4,5)1(6)7/h2-8,17-18H,9-15H2,1H3;2*(H,6,7)/t17-,18+;;/m0../s1. The summed E-state index contributed by atoms with van der Waals surface area (Å²) in [6, 6.07) is 11.1.